The van der Waals surface area contributed by atoms with Gasteiger partial charge >= 0.3 is 6.18 Å². The van der Waals surface area contributed by atoms with Crippen LogP contribution >= 0.6 is 11.8 Å². The molecule has 10 heteroatoms. The molecule has 1 N–H and O–H groups in total. The third-order valence-electron chi connectivity index (χ3n) is 4.45. The van der Waals surface area contributed by atoms with Crippen LogP contribution in [0.5, 0.6) is 0 Å². The first-order valence-electron chi connectivity index (χ1n) is 8.88. The van der Waals surface area contributed by atoms with E-state index in [9.17, 15) is 26.7 Å². The molecule has 3 aromatic rings. The summed E-state index contributed by atoms with van der Waals surface area (Å²) < 4.78 is 64.4. The van der Waals surface area contributed by atoms with Crippen molar-refractivity contribution in [1.29, 1.82) is 0 Å². The molecule has 0 spiro atoms. The highest BCUT2D eigenvalue weighted by Crippen LogP contribution is 2.32. The summed E-state index contributed by atoms with van der Waals surface area (Å²) in [5.74, 6) is -0.157. The molecule has 2 aromatic carbocycles. The molecule has 1 heterocycles. The Balaban J connectivity index is 1.72. The number of alkyl halides is 3. The first kappa shape index (κ1) is 22.4. The van der Waals surface area contributed by atoms with Crippen LogP contribution in [0.15, 0.2) is 70.8 Å². The highest BCUT2D eigenvalue weighted by Gasteiger charge is 2.30. The third-order valence-corrected chi connectivity index (χ3v) is 7.25. The van der Waals surface area contributed by atoms with Gasteiger partial charge in [-0.2, -0.15) is 13.2 Å². The van der Waals surface area contributed by atoms with Crippen LogP contribution in [0.1, 0.15) is 22.7 Å². The monoisotopic (exact) mass is 456 g/mol. The summed E-state index contributed by atoms with van der Waals surface area (Å²) in [6.07, 6.45) is -1.87. The largest absolute Gasteiger partial charge is 0.416 e. The van der Waals surface area contributed by atoms with Gasteiger partial charge in [-0.15, -0.1) is 11.8 Å². The van der Waals surface area contributed by atoms with Crippen LogP contribution in [0.4, 0.5) is 13.2 Å². The van der Waals surface area contributed by atoms with Crippen LogP contribution in [0.25, 0.3) is 0 Å². The van der Waals surface area contributed by atoms with Crippen molar-refractivity contribution in [2.45, 2.75) is 28.8 Å². The van der Waals surface area contributed by atoms with Crippen molar-refractivity contribution >= 4 is 21.8 Å². The Hall–Kier alpha value is -2.30. The predicted molar refractivity (Wildman–Crippen MR) is 108 cm³/mol. The number of halogens is 3. The SMILES string of the molecule is Cc1ccc(S(=O)(=O)n2cnc(C(CO)CSc3ccc(C(F)(F)F)cc3)c2)cc1. The number of benzene rings is 2. The van der Waals surface area contributed by atoms with Gasteiger partial charge in [0.05, 0.1) is 22.8 Å². The van der Waals surface area contributed by atoms with Gasteiger partial charge < -0.3 is 5.11 Å². The summed E-state index contributed by atoms with van der Waals surface area (Å²) in [5.41, 5.74) is 0.583. The Kier molecular flexibility index (Phi) is 6.59. The number of rotatable bonds is 7. The van der Waals surface area contributed by atoms with Crippen LogP contribution in [-0.4, -0.2) is 34.8 Å². The van der Waals surface area contributed by atoms with E-state index in [0.29, 0.717) is 16.3 Å². The molecule has 30 heavy (non-hydrogen) atoms. The van der Waals surface area contributed by atoms with Crippen molar-refractivity contribution in [3.63, 3.8) is 0 Å². The number of imidazole rings is 1. The molecular weight excluding hydrogens is 437 g/mol. The Bertz CT molecular complexity index is 1090. The van der Waals surface area contributed by atoms with Gasteiger partial charge in [0.2, 0.25) is 0 Å². The fourth-order valence-corrected chi connectivity index (χ4v) is 4.80. The van der Waals surface area contributed by atoms with Gasteiger partial charge in [0.25, 0.3) is 10.0 Å². The summed E-state index contributed by atoms with van der Waals surface area (Å²) in [6.45, 7) is 1.57. The van der Waals surface area contributed by atoms with Crippen molar-refractivity contribution in [2.24, 2.45) is 0 Å². The van der Waals surface area contributed by atoms with Crippen molar-refractivity contribution in [3.05, 3.63) is 77.9 Å². The molecule has 0 aliphatic heterocycles. The summed E-state index contributed by atoms with van der Waals surface area (Å²) in [4.78, 5) is 4.84. The van der Waals surface area contributed by atoms with Crippen molar-refractivity contribution in [2.75, 3.05) is 12.4 Å². The van der Waals surface area contributed by atoms with Gasteiger partial charge in [-0.3, -0.25) is 0 Å². The van der Waals surface area contributed by atoms with Crippen molar-refractivity contribution < 1.29 is 26.7 Å². The van der Waals surface area contributed by atoms with E-state index in [1.54, 1.807) is 12.1 Å². The van der Waals surface area contributed by atoms with Gasteiger partial charge in [0, 0.05) is 22.8 Å². The quantitative estimate of drug-likeness (QED) is 0.537. The molecule has 1 unspecified atom stereocenters. The standard InChI is InChI=1S/C20H19F3N2O3S2/c1-14-2-8-18(9-3-14)30(27,28)25-10-19(24-13-25)15(11-26)12-29-17-6-4-16(5-7-17)20(21,22)23/h2-10,13,15,26H,11-12H2,1H3. The fraction of sp³-hybridized carbons (Fsp3) is 0.250. The second kappa shape index (κ2) is 8.83. The van der Waals surface area contributed by atoms with Gasteiger partial charge in [-0.05, 0) is 43.3 Å². The Morgan fingerprint density at radius 2 is 1.73 bits per heavy atom. The second-order valence-electron chi connectivity index (χ2n) is 6.66. The molecule has 5 nitrogen and oxygen atoms in total. The summed E-state index contributed by atoms with van der Waals surface area (Å²) in [6, 6.07) is 11.1. The van der Waals surface area contributed by atoms with Crippen LogP contribution < -0.4 is 0 Å². The van der Waals surface area contributed by atoms with E-state index < -0.39 is 27.7 Å². The molecular formula is C20H19F3N2O3S2. The van der Waals surface area contributed by atoms with Crippen LogP contribution in [0, 0.1) is 6.92 Å². The van der Waals surface area contributed by atoms with E-state index in [4.69, 9.17) is 0 Å². The first-order chi connectivity index (χ1) is 14.1. The van der Waals surface area contributed by atoms with Crippen LogP contribution in [0.3, 0.4) is 0 Å². The van der Waals surface area contributed by atoms with Crippen LogP contribution in [0.2, 0.25) is 0 Å². The van der Waals surface area contributed by atoms with Gasteiger partial charge in [-0.25, -0.2) is 17.4 Å². The van der Waals surface area contributed by atoms with Gasteiger partial charge in [0.1, 0.15) is 6.33 Å². The lowest BCUT2D eigenvalue weighted by molar-refractivity contribution is -0.137. The van der Waals surface area contributed by atoms with Gasteiger partial charge in [0.15, 0.2) is 0 Å². The molecule has 1 atom stereocenters. The number of hydrogen-bond acceptors (Lipinski definition) is 5. The average molecular weight is 457 g/mol. The highest BCUT2D eigenvalue weighted by atomic mass is 32.2. The maximum Gasteiger partial charge on any atom is 0.416 e. The molecule has 0 aliphatic carbocycles. The minimum atomic E-state index is -4.40. The Morgan fingerprint density at radius 3 is 2.30 bits per heavy atom. The number of aryl methyl sites for hydroxylation is 1. The zero-order valence-corrected chi connectivity index (χ0v) is 17.5. The van der Waals surface area contributed by atoms with Crippen LogP contribution in [-0.2, 0) is 16.2 Å². The lowest BCUT2D eigenvalue weighted by Gasteiger charge is -2.12. The fourth-order valence-electron chi connectivity index (χ4n) is 2.66. The molecule has 0 radical (unpaired) electrons. The topological polar surface area (TPSA) is 72.2 Å². The normalized spacial score (nSPS) is 13.4. The minimum Gasteiger partial charge on any atom is -0.396 e. The number of hydrogen-bond donors (Lipinski definition) is 1. The lowest BCUT2D eigenvalue weighted by atomic mass is 10.1. The third kappa shape index (κ3) is 5.05. The zero-order valence-electron chi connectivity index (χ0n) is 15.9. The average Bonchev–Trinajstić information content (AvgIpc) is 3.19. The number of aliphatic hydroxyl groups is 1. The van der Waals surface area contributed by atoms with E-state index in [2.05, 4.69) is 4.98 Å². The highest BCUT2D eigenvalue weighted by molar-refractivity contribution is 7.99. The summed E-state index contributed by atoms with van der Waals surface area (Å²) >= 11 is 1.26. The van der Waals surface area contributed by atoms with E-state index in [1.165, 1.54) is 48.6 Å². The van der Waals surface area contributed by atoms with Gasteiger partial charge in [-0.1, -0.05) is 17.7 Å². The number of aromatic nitrogens is 2. The Morgan fingerprint density at radius 1 is 1.10 bits per heavy atom. The van der Waals surface area contributed by atoms with E-state index in [-0.39, 0.29) is 11.5 Å². The van der Waals surface area contributed by atoms with E-state index in [0.717, 1.165) is 21.7 Å². The second-order valence-corrected chi connectivity index (χ2v) is 9.60. The Labute approximate surface area is 176 Å². The van der Waals surface area contributed by atoms with Crippen molar-refractivity contribution in [3.8, 4) is 0 Å². The molecule has 0 bridgehead atoms. The number of nitrogens with zero attached hydrogens (tertiary/aromatic N) is 2. The van der Waals surface area contributed by atoms with E-state index >= 15 is 0 Å². The predicted octanol–water partition coefficient (Wildman–Crippen LogP) is 4.32. The summed E-state index contributed by atoms with van der Waals surface area (Å²) in [5, 5.41) is 9.71. The van der Waals surface area contributed by atoms with E-state index in [1.807, 2.05) is 6.92 Å². The molecule has 1 aromatic heterocycles. The molecule has 160 valence electrons. The number of aliphatic hydroxyl groups excluding tert-OH is 1. The van der Waals surface area contributed by atoms with Crippen molar-refractivity contribution in [1.82, 2.24) is 8.96 Å². The minimum absolute atomic E-state index is 0.122. The molecule has 0 aliphatic rings. The zero-order chi connectivity index (χ0) is 21.9. The smallest absolute Gasteiger partial charge is 0.396 e. The molecule has 0 amide bonds. The molecule has 3 rings (SSSR count). The molecule has 0 saturated heterocycles. The maximum absolute atomic E-state index is 12.7. The summed E-state index contributed by atoms with van der Waals surface area (Å²) in [7, 11) is -3.80. The number of thioether (sulfide) groups is 1. The maximum atomic E-state index is 12.7. The molecule has 0 fully saturated rings. The lowest BCUT2D eigenvalue weighted by Crippen LogP contribution is -2.12. The first-order valence-corrected chi connectivity index (χ1v) is 11.3. The molecule has 0 saturated carbocycles.